The fourth-order valence-corrected chi connectivity index (χ4v) is 1.60. The van der Waals surface area contributed by atoms with Crippen molar-refractivity contribution in [3.05, 3.63) is 29.8 Å². The highest BCUT2D eigenvalue weighted by Crippen LogP contribution is 2.12. The molecule has 1 rings (SSSR count). The highest BCUT2D eigenvalue weighted by molar-refractivity contribution is 5.78. The molecule has 0 aliphatic rings. The van der Waals surface area contributed by atoms with Crippen molar-refractivity contribution in [1.29, 1.82) is 0 Å². The molecule has 1 aromatic rings. The van der Waals surface area contributed by atoms with Crippen LogP contribution in [-0.4, -0.2) is 26.1 Å². The van der Waals surface area contributed by atoms with Crippen LogP contribution < -0.4 is 15.4 Å². The lowest BCUT2D eigenvalue weighted by atomic mass is 10.1. The quantitative estimate of drug-likeness (QED) is 0.772. The minimum Gasteiger partial charge on any atom is -0.497 e. The molecule has 1 atom stereocenters. The predicted molar refractivity (Wildman–Crippen MR) is 72.5 cm³/mol. The summed E-state index contributed by atoms with van der Waals surface area (Å²) in [4.78, 5) is 11.8. The number of carbonyl (C=O) groups excluding carboxylic acids is 1. The highest BCUT2D eigenvalue weighted by Gasteiger charge is 2.11. The Kier molecular flexibility index (Phi) is 6.22. The van der Waals surface area contributed by atoms with Crippen LogP contribution in [0.5, 0.6) is 5.75 Å². The maximum absolute atomic E-state index is 11.8. The molecule has 0 spiro atoms. The van der Waals surface area contributed by atoms with Gasteiger partial charge in [-0.3, -0.25) is 4.79 Å². The minimum absolute atomic E-state index is 0.0180. The zero-order valence-corrected chi connectivity index (χ0v) is 11.3. The molecule has 4 heteroatoms. The van der Waals surface area contributed by atoms with E-state index in [1.165, 1.54) is 0 Å². The average molecular weight is 250 g/mol. The smallest absolute Gasteiger partial charge is 0.224 e. The van der Waals surface area contributed by atoms with Crippen LogP contribution in [-0.2, 0) is 11.3 Å². The summed E-state index contributed by atoms with van der Waals surface area (Å²) in [5, 5.41) is 6.09. The highest BCUT2D eigenvalue weighted by atomic mass is 16.5. The molecule has 4 nitrogen and oxygen atoms in total. The van der Waals surface area contributed by atoms with E-state index in [-0.39, 0.29) is 11.8 Å². The van der Waals surface area contributed by atoms with Crippen LogP contribution in [0.1, 0.15) is 19.4 Å². The third-order valence-electron chi connectivity index (χ3n) is 2.75. The van der Waals surface area contributed by atoms with Gasteiger partial charge in [0, 0.05) is 19.0 Å². The molecule has 0 fully saturated rings. The van der Waals surface area contributed by atoms with Crippen LogP contribution in [0, 0.1) is 5.92 Å². The Balaban J connectivity index is 2.41. The molecule has 0 saturated carbocycles. The van der Waals surface area contributed by atoms with Crippen molar-refractivity contribution in [3.63, 3.8) is 0 Å². The normalized spacial score (nSPS) is 11.9. The van der Waals surface area contributed by atoms with Crippen LogP contribution in [0.3, 0.4) is 0 Å². The van der Waals surface area contributed by atoms with Crippen molar-refractivity contribution in [1.82, 2.24) is 10.6 Å². The molecule has 0 bridgehead atoms. The summed E-state index contributed by atoms with van der Waals surface area (Å²) < 4.78 is 5.14. The van der Waals surface area contributed by atoms with Gasteiger partial charge in [-0.1, -0.05) is 26.0 Å². The van der Waals surface area contributed by atoms with Crippen molar-refractivity contribution in [3.8, 4) is 5.75 Å². The third kappa shape index (κ3) is 4.75. The Morgan fingerprint density at radius 1 is 1.44 bits per heavy atom. The lowest BCUT2D eigenvalue weighted by molar-refractivity contribution is -0.124. The number of hydrogen-bond acceptors (Lipinski definition) is 3. The van der Waals surface area contributed by atoms with E-state index in [1.807, 2.05) is 38.1 Å². The number of rotatable bonds is 7. The first-order valence-electron chi connectivity index (χ1n) is 6.28. The van der Waals surface area contributed by atoms with E-state index in [0.29, 0.717) is 13.1 Å². The first-order valence-corrected chi connectivity index (χ1v) is 6.28. The lowest BCUT2D eigenvalue weighted by Crippen LogP contribution is -2.34. The zero-order chi connectivity index (χ0) is 13.4. The van der Waals surface area contributed by atoms with Crippen molar-refractivity contribution >= 4 is 5.91 Å². The number of amides is 1. The Bertz CT molecular complexity index is 380. The number of methoxy groups -OCH3 is 1. The Hall–Kier alpha value is -1.55. The minimum atomic E-state index is -0.0180. The molecule has 0 aliphatic carbocycles. The zero-order valence-electron chi connectivity index (χ0n) is 11.3. The fraction of sp³-hybridized carbons (Fsp3) is 0.500. The fourth-order valence-electron chi connectivity index (χ4n) is 1.60. The van der Waals surface area contributed by atoms with Gasteiger partial charge in [-0.2, -0.15) is 0 Å². The molecule has 18 heavy (non-hydrogen) atoms. The van der Waals surface area contributed by atoms with Crippen LogP contribution >= 0.6 is 0 Å². The molecule has 0 aliphatic heterocycles. The molecule has 0 aromatic heterocycles. The monoisotopic (exact) mass is 250 g/mol. The first kappa shape index (κ1) is 14.5. The number of carbonyl (C=O) groups is 1. The molecule has 0 saturated heterocycles. The molecule has 2 N–H and O–H groups in total. The van der Waals surface area contributed by atoms with E-state index in [1.54, 1.807) is 7.11 Å². The van der Waals surface area contributed by atoms with E-state index < -0.39 is 0 Å². The van der Waals surface area contributed by atoms with Crippen molar-refractivity contribution in [2.45, 2.75) is 20.4 Å². The van der Waals surface area contributed by atoms with Gasteiger partial charge in [-0.25, -0.2) is 0 Å². The summed E-state index contributed by atoms with van der Waals surface area (Å²) >= 11 is 0. The van der Waals surface area contributed by atoms with Gasteiger partial charge in [0.1, 0.15) is 5.75 Å². The Morgan fingerprint density at radius 2 is 2.22 bits per heavy atom. The number of nitrogens with one attached hydrogen (secondary N) is 2. The van der Waals surface area contributed by atoms with Crippen molar-refractivity contribution in [2.24, 2.45) is 5.92 Å². The maximum Gasteiger partial charge on any atom is 0.224 e. The van der Waals surface area contributed by atoms with E-state index in [4.69, 9.17) is 4.74 Å². The summed E-state index contributed by atoms with van der Waals surface area (Å²) in [5.41, 5.74) is 1.04. The van der Waals surface area contributed by atoms with E-state index in [9.17, 15) is 4.79 Å². The second-order valence-corrected chi connectivity index (χ2v) is 4.28. The van der Waals surface area contributed by atoms with E-state index >= 15 is 0 Å². The average Bonchev–Trinajstić information content (AvgIpc) is 2.42. The van der Waals surface area contributed by atoms with E-state index in [0.717, 1.165) is 17.9 Å². The number of ether oxygens (including phenoxy) is 1. The predicted octanol–water partition coefficient (Wildman–Crippen LogP) is 1.56. The van der Waals surface area contributed by atoms with Gasteiger partial charge in [-0.15, -0.1) is 0 Å². The number of hydrogen-bond donors (Lipinski definition) is 2. The number of benzene rings is 1. The van der Waals surface area contributed by atoms with Gasteiger partial charge in [0.2, 0.25) is 5.91 Å². The first-order chi connectivity index (χ1) is 8.67. The SMILES string of the molecule is CCNCC(C)C(=O)NCc1cccc(OC)c1. The molecule has 1 aromatic carbocycles. The molecular weight excluding hydrogens is 228 g/mol. The molecule has 0 radical (unpaired) electrons. The van der Waals surface area contributed by atoms with Crippen LogP contribution in [0.4, 0.5) is 0 Å². The molecule has 100 valence electrons. The van der Waals surface area contributed by atoms with Gasteiger partial charge >= 0.3 is 0 Å². The maximum atomic E-state index is 11.8. The molecule has 0 heterocycles. The second-order valence-electron chi connectivity index (χ2n) is 4.28. The van der Waals surface area contributed by atoms with Gasteiger partial charge in [0.15, 0.2) is 0 Å². The van der Waals surface area contributed by atoms with Crippen LogP contribution in [0.25, 0.3) is 0 Å². The summed E-state index contributed by atoms with van der Waals surface area (Å²) in [6, 6.07) is 7.70. The lowest BCUT2D eigenvalue weighted by Gasteiger charge is -2.12. The van der Waals surface area contributed by atoms with Gasteiger partial charge in [0.05, 0.1) is 7.11 Å². The van der Waals surface area contributed by atoms with E-state index in [2.05, 4.69) is 10.6 Å². The largest absolute Gasteiger partial charge is 0.497 e. The van der Waals surface area contributed by atoms with Crippen LogP contribution in [0.2, 0.25) is 0 Å². The second kappa shape index (κ2) is 7.71. The molecule has 1 amide bonds. The van der Waals surface area contributed by atoms with Gasteiger partial charge in [0.25, 0.3) is 0 Å². The third-order valence-corrected chi connectivity index (χ3v) is 2.75. The Labute approximate surface area is 109 Å². The summed E-state index contributed by atoms with van der Waals surface area (Å²) in [6.07, 6.45) is 0. The van der Waals surface area contributed by atoms with Gasteiger partial charge < -0.3 is 15.4 Å². The topological polar surface area (TPSA) is 50.4 Å². The summed E-state index contributed by atoms with van der Waals surface area (Å²) in [5.74, 6) is 0.858. The molecular formula is C14H22N2O2. The van der Waals surface area contributed by atoms with Crippen LogP contribution in [0.15, 0.2) is 24.3 Å². The summed E-state index contributed by atoms with van der Waals surface area (Å²) in [6.45, 7) is 6.07. The van der Waals surface area contributed by atoms with Crippen molar-refractivity contribution in [2.75, 3.05) is 20.2 Å². The molecule has 1 unspecified atom stereocenters. The standard InChI is InChI=1S/C14H22N2O2/c1-4-15-9-11(2)14(17)16-10-12-6-5-7-13(8-12)18-3/h5-8,11,15H,4,9-10H2,1-3H3,(H,16,17). The Morgan fingerprint density at radius 3 is 2.89 bits per heavy atom. The summed E-state index contributed by atoms with van der Waals surface area (Å²) in [7, 11) is 1.64. The van der Waals surface area contributed by atoms with Gasteiger partial charge in [-0.05, 0) is 24.2 Å². The van der Waals surface area contributed by atoms with Crippen molar-refractivity contribution < 1.29 is 9.53 Å².